The van der Waals surface area contributed by atoms with Crippen molar-refractivity contribution in [3.63, 3.8) is 0 Å². The first-order valence-corrected chi connectivity index (χ1v) is 6.87. The van der Waals surface area contributed by atoms with Crippen LogP contribution in [-0.4, -0.2) is 16.1 Å². The van der Waals surface area contributed by atoms with Crippen molar-refractivity contribution in [2.75, 3.05) is 11.9 Å². The van der Waals surface area contributed by atoms with E-state index in [9.17, 15) is 9.18 Å². The van der Waals surface area contributed by atoms with Gasteiger partial charge >= 0.3 is 0 Å². The maximum Gasteiger partial charge on any atom is 0.266 e. The van der Waals surface area contributed by atoms with Crippen LogP contribution in [0.2, 0.25) is 0 Å². The molecule has 0 spiro atoms. The van der Waals surface area contributed by atoms with E-state index in [4.69, 9.17) is 0 Å². The van der Waals surface area contributed by atoms with Crippen LogP contribution in [0.15, 0.2) is 35.3 Å². The van der Waals surface area contributed by atoms with Crippen molar-refractivity contribution in [2.24, 2.45) is 0 Å². The van der Waals surface area contributed by atoms with Gasteiger partial charge in [-0.05, 0) is 53.8 Å². The van der Waals surface area contributed by atoms with Crippen LogP contribution < -0.4 is 10.9 Å². The maximum absolute atomic E-state index is 12.7. The number of nitrogens with zero attached hydrogens (tertiary/aromatic N) is 2. The van der Waals surface area contributed by atoms with E-state index in [-0.39, 0.29) is 11.4 Å². The predicted octanol–water partition coefficient (Wildman–Crippen LogP) is 2.41. The lowest BCUT2D eigenvalue weighted by molar-refractivity contribution is 0.627. The molecule has 0 unspecified atom stereocenters. The number of aromatic nitrogens is 2. The summed E-state index contributed by atoms with van der Waals surface area (Å²) >= 11 is 1.98. The fraction of sp³-hybridized carbons (Fsp3) is 0.231. The van der Waals surface area contributed by atoms with Gasteiger partial charge in [0.15, 0.2) is 0 Å². The summed E-state index contributed by atoms with van der Waals surface area (Å²) in [5.41, 5.74) is 0.791. The Morgan fingerprint density at radius 1 is 1.37 bits per heavy atom. The van der Waals surface area contributed by atoms with Crippen LogP contribution in [0.25, 0.3) is 0 Å². The largest absolute Gasteiger partial charge is 0.383 e. The summed E-state index contributed by atoms with van der Waals surface area (Å²) in [6.45, 7) is 2.90. The average Bonchev–Trinajstić information content (AvgIpc) is 2.40. The Balaban J connectivity index is 2.02. The smallest absolute Gasteiger partial charge is 0.266 e. The van der Waals surface area contributed by atoms with Gasteiger partial charge in [-0.15, -0.1) is 0 Å². The van der Waals surface area contributed by atoms with Crippen LogP contribution in [0.5, 0.6) is 0 Å². The molecule has 1 aromatic carbocycles. The number of halogens is 2. The Morgan fingerprint density at radius 3 is 2.74 bits per heavy atom. The summed E-state index contributed by atoms with van der Waals surface area (Å²) in [7, 11) is 0. The molecule has 0 aliphatic rings. The average molecular weight is 373 g/mol. The quantitative estimate of drug-likeness (QED) is 0.838. The monoisotopic (exact) mass is 373 g/mol. The summed E-state index contributed by atoms with van der Waals surface area (Å²) in [5.74, 6) is 0.422. The van der Waals surface area contributed by atoms with Gasteiger partial charge in [0.25, 0.3) is 5.56 Å². The van der Waals surface area contributed by atoms with Crippen molar-refractivity contribution in [1.82, 2.24) is 9.55 Å². The molecule has 1 N–H and O–H groups in total. The molecule has 100 valence electrons. The Labute approximate surface area is 123 Å². The van der Waals surface area contributed by atoms with Gasteiger partial charge in [-0.2, -0.15) is 0 Å². The van der Waals surface area contributed by atoms with Gasteiger partial charge in [-0.3, -0.25) is 9.36 Å². The first-order valence-electron chi connectivity index (χ1n) is 5.79. The third kappa shape index (κ3) is 3.52. The fourth-order valence-corrected chi connectivity index (χ4v) is 2.12. The second kappa shape index (κ2) is 6.14. The normalized spacial score (nSPS) is 10.5. The van der Waals surface area contributed by atoms with Gasteiger partial charge in [0.1, 0.15) is 11.6 Å². The highest BCUT2D eigenvalue weighted by molar-refractivity contribution is 14.1. The summed E-state index contributed by atoms with van der Waals surface area (Å²) in [6.07, 6.45) is 1.57. The molecule has 0 amide bonds. The van der Waals surface area contributed by atoms with Crippen LogP contribution in [0.3, 0.4) is 0 Å². The van der Waals surface area contributed by atoms with E-state index in [1.165, 1.54) is 12.1 Å². The Bertz CT molecular complexity index is 625. The number of aryl methyl sites for hydroxylation is 1. The minimum absolute atomic E-state index is 0.0333. The molecule has 2 aromatic rings. The van der Waals surface area contributed by atoms with E-state index < -0.39 is 0 Å². The van der Waals surface area contributed by atoms with Gasteiger partial charge in [0.05, 0.1) is 3.57 Å². The van der Waals surface area contributed by atoms with Crippen LogP contribution in [0, 0.1) is 16.3 Å². The molecular weight excluding hydrogens is 360 g/mol. The minimum atomic E-state index is -0.264. The summed E-state index contributed by atoms with van der Waals surface area (Å²) in [4.78, 5) is 16.1. The number of nitrogens with one attached hydrogen (secondary N) is 1. The topological polar surface area (TPSA) is 46.9 Å². The van der Waals surface area contributed by atoms with E-state index >= 15 is 0 Å². The zero-order chi connectivity index (χ0) is 13.8. The molecule has 0 saturated carbocycles. The fourth-order valence-electron chi connectivity index (χ4n) is 1.69. The number of anilines is 1. The maximum atomic E-state index is 12.7. The van der Waals surface area contributed by atoms with Crippen LogP contribution >= 0.6 is 22.6 Å². The Hall–Kier alpha value is -1.44. The molecule has 0 aliphatic heterocycles. The molecule has 4 nitrogen and oxygen atoms in total. The highest BCUT2D eigenvalue weighted by Crippen LogP contribution is 2.07. The van der Waals surface area contributed by atoms with Gasteiger partial charge < -0.3 is 5.32 Å². The van der Waals surface area contributed by atoms with Crippen LogP contribution in [0.4, 0.5) is 10.1 Å². The van der Waals surface area contributed by atoms with Crippen molar-refractivity contribution in [1.29, 1.82) is 0 Å². The molecule has 0 atom stereocenters. The van der Waals surface area contributed by atoms with Crippen molar-refractivity contribution in [3.8, 4) is 0 Å². The van der Waals surface area contributed by atoms with Crippen molar-refractivity contribution >= 4 is 28.3 Å². The number of hydrogen-bond acceptors (Lipinski definition) is 3. The standard InChI is InChI=1S/C13H13FIN3O/c1-9-17-8-12(15)13(19)18(9)7-6-16-11-4-2-10(14)3-5-11/h2-5,8,16H,6-7H2,1H3. The highest BCUT2D eigenvalue weighted by atomic mass is 127. The second-order valence-corrected chi connectivity index (χ2v) is 5.21. The second-order valence-electron chi connectivity index (χ2n) is 4.04. The van der Waals surface area contributed by atoms with Crippen molar-refractivity contribution in [3.05, 3.63) is 56.0 Å². The zero-order valence-corrected chi connectivity index (χ0v) is 12.5. The first kappa shape index (κ1) is 14.0. The van der Waals surface area contributed by atoms with E-state index in [0.29, 0.717) is 22.5 Å². The molecule has 1 aromatic heterocycles. The molecule has 0 radical (unpaired) electrons. The third-order valence-electron chi connectivity index (χ3n) is 2.71. The Kier molecular flexibility index (Phi) is 4.52. The van der Waals surface area contributed by atoms with Gasteiger partial charge in [-0.25, -0.2) is 9.37 Å². The number of benzene rings is 1. The van der Waals surface area contributed by atoms with Crippen LogP contribution in [-0.2, 0) is 6.54 Å². The van der Waals surface area contributed by atoms with Gasteiger partial charge in [0, 0.05) is 25.0 Å². The summed E-state index contributed by atoms with van der Waals surface area (Å²) < 4.78 is 15.0. The third-order valence-corrected chi connectivity index (χ3v) is 3.45. The van der Waals surface area contributed by atoms with Crippen molar-refractivity contribution < 1.29 is 4.39 Å². The van der Waals surface area contributed by atoms with Gasteiger partial charge in [0.2, 0.25) is 0 Å². The van der Waals surface area contributed by atoms with E-state index in [2.05, 4.69) is 10.3 Å². The van der Waals surface area contributed by atoms with Crippen LogP contribution in [0.1, 0.15) is 5.82 Å². The SMILES string of the molecule is Cc1ncc(I)c(=O)n1CCNc1ccc(F)cc1. The Morgan fingerprint density at radius 2 is 2.05 bits per heavy atom. The molecule has 6 heteroatoms. The predicted molar refractivity (Wildman–Crippen MR) is 80.8 cm³/mol. The molecule has 0 bridgehead atoms. The van der Waals surface area contributed by atoms with E-state index in [1.54, 1.807) is 29.8 Å². The first-order chi connectivity index (χ1) is 9.08. The highest BCUT2D eigenvalue weighted by Gasteiger charge is 2.04. The molecule has 19 heavy (non-hydrogen) atoms. The molecule has 0 aliphatic carbocycles. The van der Waals surface area contributed by atoms with Crippen molar-refractivity contribution in [2.45, 2.75) is 13.5 Å². The number of rotatable bonds is 4. The lowest BCUT2D eigenvalue weighted by atomic mass is 10.3. The van der Waals surface area contributed by atoms with Gasteiger partial charge in [-0.1, -0.05) is 0 Å². The number of hydrogen-bond donors (Lipinski definition) is 1. The lowest BCUT2D eigenvalue weighted by Crippen LogP contribution is -2.28. The van der Waals surface area contributed by atoms with E-state index in [1.807, 2.05) is 22.6 Å². The molecule has 2 rings (SSSR count). The molecule has 0 saturated heterocycles. The zero-order valence-electron chi connectivity index (χ0n) is 10.4. The minimum Gasteiger partial charge on any atom is -0.383 e. The summed E-state index contributed by atoms with van der Waals surface area (Å²) in [6, 6.07) is 6.12. The lowest BCUT2D eigenvalue weighted by Gasteiger charge is -2.11. The molecule has 0 fully saturated rings. The molecular formula is C13H13FIN3O. The van der Waals surface area contributed by atoms with E-state index in [0.717, 1.165) is 5.69 Å². The summed E-state index contributed by atoms with van der Waals surface area (Å²) in [5, 5.41) is 3.14. The molecule has 1 heterocycles.